The Hall–Kier alpha value is -3.07. The van der Waals surface area contributed by atoms with E-state index in [1.54, 1.807) is 0 Å². The molecule has 0 spiro atoms. The van der Waals surface area contributed by atoms with E-state index in [-0.39, 0.29) is 32.6 Å². The number of phosphoric ester groups is 1. The second-order valence-corrected chi connectivity index (χ2v) is 13.8. The molecule has 2 unspecified atom stereocenters. The van der Waals surface area contributed by atoms with Crippen molar-refractivity contribution in [2.24, 2.45) is 5.73 Å². The molecule has 0 rings (SSSR count). The minimum atomic E-state index is -4.40. The molecule has 10 heteroatoms. The number of allylic oxidation sites excluding steroid dienone is 16. The first-order valence-electron chi connectivity index (χ1n) is 19.7. The predicted octanol–water partition coefficient (Wildman–Crippen LogP) is 11.0. The summed E-state index contributed by atoms with van der Waals surface area (Å²) in [6, 6.07) is 0. The van der Waals surface area contributed by atoms with Crippen LogP contribution in [0.4, 0.5) is 0 Å². The van der Waals surface area contributed by atoms with Crippen LogP contribution >= 0.6 is 7.82 Å². The Balaban J connectivity index is 4.35. The lowest BCUT2D eigenvalue weighted by molar-refractivity contribution is -0.161. The van der Waals surface area contributed by atoms with Gasteiger partial charge in [0.2, 0.25) is 0 Å². The molecule has 0 aromatic carbocycles. The smallest absolute Gasteiger partial charge is 0.462 e. The molecule has 0 aliphatic heterocycles. The zero-order chi connectivity index (χ0) is 38.9. The van der Waals surface area contributed by atoms with E-state index in [1.807, 2.05) is 0 Å². The number of carbonyl (C=O) groups is 2. The third-order valence-corrected chi connectivity index (χ3v) is 8.45. The van der Waals surface area contributed by atoms with E-state index in [9.17, 15) is 19.0 Å². The number of hydrogen-bond acceptors (Lipinski definition) is 8. The van der Waals surface area contributed by atoms with Crippen LogP contribution in [0.15, 0.2) is 97.2 Å². The van der Waals surface area contributed by atoms with Crippen molar-refractivity contribution in [3.8, 4) is 0 Å². The molecule has 0 bridgehead atoms. The van der Waals surface area contributed by atoms with Gasteiger partial charge < -0.3 is 20.1 Å². The van der Waals surface area contributed by atoms with Gasteiger partial charge in [0, 0.05) is 19.4 Å². The molecule has 0 aliphatic rings. The number of phosphoric acid groups is 1. The van der Waals surface area contributed by atoms with Gasteiger partial charge in [0.15, 0.2) is 6.10 Å². The van der Waals surface area contributed by atoms with Crippen molar-refractivity contribution in [2.45, 2.75) is 136 Å². The fourth-order valence-corrected chi connectivity index (χ4v) is 5.38. The van der Waals surface area contributed by atoms with E-state index in [0.29, 0.717) is 12.8 Å². The van der Waals surface area contributed by atoms with Gasteiger partial charge in [-0.15, -0.1) is 0 Å². The van der Waals surface area contributed by atoms with E-state index >= 15 is 0 Å². The summed E-state index contributed by atoms with van der Waals surface area (Å²) < 4.78 is 32.6. The van der Waals surface area contributed by atoms with Crippen LogP contribution in [-0.4, -0.2) is 49.3 Å². The third kappa shape index (κ3) is 38.5. The average molecular weight is 760 g/mol. The highest BCUT2D eigenvalue weighted by molar-refractivity contribution is 7.47. The normalized spacial score (nSPS) is 14.4. The fourth-order valence-electron chi connectivity index (χ4n) is 4.61. The van der Waals surface area contributed by atoms with Crippen molar-refractivity contribution in [1.29, 1.82) is 0 Å². The number of nitrogens with two attached hydrogens (primary N) is 1. The Morgan fingerprint density at radius 2 is 0.981 bits per heavy atom. The highest BCUT2D eigenvalue weighted by Gasteiger charge is 2.25. The van der Waals surface area contributed by atoms with Crippen molar-refractivity contribution < 1.29 is 37.6 Å². The molecule has 0 fully saturated rings. The van der Waals surface area contributed by atoms with Crippen LogP contribution in [0, 0.1) is 0 Å². The summed E-state index contributed by atoms with van der Waals surface area (Å²) in [6.45, 7) is 3.39. The maximum absolute atomic E-state index is 12.5. The van der Waals surface area contributed by atoms with Crippen molar-refractivity contribution in [3.63, 3.8) is 0 Å². The Kier molecular flexibility index (Phi) is 36.4. The van der Waals surface area contributed by atoms with E-state index in [0.717, 1.165) is 89.9 Å². The molecule has 300 valence electrons. The summed E-state index contributed by atoms with van der Waals surface area (Å²) in [6.07, 6.45) is 48.7. The van der Waals surface area contributed by atoms with Crippen LogP contribution in [0.3, 0.4) is 0 Å². The zero-order valence-corrected chi connectivity index (χ0v) is 33.6. The molecule has 2 atom stereocenters. The van der Waals surface area contributed by atoms with Crippen LogP contribution in [0.1, 0.15) is 129 Å². The van der Waals surface area contributed by atoms with E-state index in [1.165, 1.54) is 0 Å². The largest absolute Gasteiger partial charge is 0.472 e. The number of ether oxygens (including phenoxy) is 2. The van der Waals surface area contributed by atoms with Crippen molar-refractivity contribution in [2.75, 3.05) is 26.4 Å². The molecule has 0 amide bonds. The molecule has 0 heterocycles. The second kappa shape index (κ2) is 38.6. The zero-order valence-electron chi connectivity index (χ0n) is 32.7. The van der Waals surface area contributed by atoms with Gasteiger partial charge >= 0.3 is 19.8 Å². The van der Waals surface area contributed by atoms with Crippen LogP contribution < -0.4 is 5.73 Å². The summed E-state index contributed by atoms with van der Waals surface area (Å²) in [5, 5.41) is 0. The first-order chi connectivity index (χ1) is 25.8. The van der Waals surface area contributed by atoms with Crippen LogP contribution in [-0.2, 0) is 32.7 Å². The number of hydrogen-bond donors (Lipinski definition) is 2. The van der Waals surface area contributed by atoms with E-state index in [4.69, 9.17) is 24.3 Å². The summed E-state index contributed by atoms with van der Waals surface area (Å²) >= 11 is 0. The standard InChI is InChI=1S/C43H70NO8P/c1-3-5-7-9-11-13-15-17-19-20-22-24-26-28-30-32-34-36-43(46)52-41(40-51-53(47,48)50-38-37-44)39-49-42(45)35-33-31-29-27-25-23-21-18-16-14-12-10-8-6-4-2/h5-8,11-14,17-19,21-22,24-25,27,41H,3-4,9-10,15-16,20,23,26,28-40,44H2,1-2H3,(H,47,48)/b7-5-,8-6-,13-11-,14-12-,19-17-,21-18-,24-22-,27-25-. The minimum Gasteiger partial charge on any atom is -0.462 e. The molecule has 3 N–H and O–H groups in total. The number of rotatable bonds is 35. The highest BCUT2D eigenvalue weighted by atomic mass is 31.2. The Labute approximate surface area is 321 Å². The molecule has 0 aliphatic carbocycles. The van der Waals surface area contributed by atoms with E-state index in [2.05, 4.69) is 111 Å². The van der Waals surface area contributed by atoms with Crippen molar-refractivity contribution in [3.05, 3.63) is 97.2 Å². The first-order valence-corrected chi connectivity index (χ1v) is 21.2. The highest BCUT2D eigenvalue weighted by Crippen LogP contribution is 2.43. The van der Waals surface area contributed by atoms with Gasteiger partial charge in [0.25, 0.3) is 0 Å². The third-order valence-electron chi connectivity index (χ3n) is 7.47. The maximum atomic E-state index is 12.5. The average Bonchev–Trinajstić information content (AvgIpc) is 3.14. The number of esters is 2. The lowest BCUT2D eigenvalue weighted by Gasteiger charge is -2.19. The molecular formula is C43H70NO8P. The molecule has 0 aromatic rings. The summed E-state index contributed by atoms with van der Waals surface area (Å²) in [4.78, 5) is 34.8. The molecule has 9 nitrogen and oxygen atoms in total. The number of unbranched alkanes of at least 4 members (excludes halogenated alkanes) is 6. The lowest BCUT2D eigenvalue weighted by atomic mass is 10.1. The lowest BCUT2D eigenvalue weighted by Crippen LogP contribution is -2.29. The van der Waals surface area contributed by atoms with Gasteiger partial charge in [0.1, 0.15) is 6.61 Å². The van der Waals surface area contributed by atoms with Crippen LogP contribution in [0.25, 0.3) is 0 Å². The predicted molar refractivity (Wildman–Crippen MR) is 219 cm³/mol. The first kappa shape index (κ1) is 49.9. The van der Waals surface area contributed by atoms with Crippen LogP contribution in [0.5, 0.6) is 0 Å². The van der Waals surface area contributed by atoms with Crippen LogP contribution in [0.2, 0.25) is 0 Å². The fraction of sp³-hybridized carbons (Fsp3) is 0.581. The molecular weight excluding hydrogens is 689 g/mol. The Morgan fingerprint density at radius 1 is 0.566 bits per heavy atom. The number of carbonyl (C=O) groups excluding carboxylic acids is 2. The topological polar surface area (TPSA) is 134 Å². The Bertz CT molecular complexity index is 1180. The van der Waals surface area contributed by atoms with Gasteiger partial charge in [-0.25, -0.2) is 4.57 Å². The van der Waals surface area contributed by atoms with Gasteiger partial charge in [-0.3, -0.25) is 18.6 Å². The monoisotopic (exact) mass is 759 g/mol. The van der Waals surface area contributed by atoms with E-state index < -0.39 is 32.5 Å². The van der Waals surface area contributed by atoms with Crippen molar-refractivity contribution >= 4 is 19.8 Å². The second-order valence-electron chi connectivity index (χ2n) is 12.4. The van der Waals surface area contributed by atoms with Crippen molar-refractivity contribution in [1.82, 2.24) is 0 Å². The summed E-state index contributed by atoms with van der Waals surface area (Å²) in [7, 11) is -4.40. The molecule has 53 heavy (non-hydrogen) atoms. The summed E-state index contributed by atoms with van der Waals surface area (Å²) in [5.41, 5.74) is 5.33. The Morgan fingerprint density at radius 3 is 1.47 bits per heavy atom. The van der Waals surface area contributed by atoms with Gasteiger partial charge in [-0.2, -0.15) is 0 Å². The molecule has 0 aromatic heterocycles. The molecule has 0 saturated carbocycles. The maximum Gasteiger partial charge on any atom is 0.472 e. The van der Waals surface area contributed by atoms with Gasteiger partial charge in [-0.1, -0.05) is 124 Å². The SMILES string of the molecule is CC/C=C\C/C=C\C/C=C\C/C=C\CCCCCCC(=O)OC(COC(=O)CCCC/C=C\C/C=C\C/C=C\C/C=C\CC)COP(=O)(O)OCCN. The summed E-state index contributed by atoms with van der Waals surface area (Å²) in [5.74, 6) is -0.918. The van der Waals surface area contributed by atoms with Gasteiger partial charge in [-0.05, 0) is 89.9 Å². The minimum absolute atomic E-state index is 0.0374. The molecule has 0 saturated heterocycles. The molecule has 0 radical (unpaired) electrons. The quantitative estimate of drug-likeness (QED) is 0.0280. The van der Waals surface area contributed by atoms with Gasteiger partial charge in [0.05, 0.1) is 13.2 Å².